The highest BCUT2D eigenvalue weighted by Crippen LogP contribution is 2.25. The van der Waals surface area contributed by atoms with Crippen molar-refractivity contribution in [2.45, 2.75) is 19.3 Å². The van der Waals surface area contributed by atoms with Gasteiger partial charge in [-0.3, -0.25) is 4.55 Å². The third-order valence-corrected chi connectivity index (χ3v) is 5.96. The van der Waals surface area contributed by atoms with Gasteiger partial charge in [0.2, 0.25) is 10.4 Å². The Morgan fingerprint density at radius 3 is 2.29 bits per heavy atom. The summed E-state index contributed by atoms with van der Waals surface area (Å²) in [5.41, 5.74) is 1.28. The molecular weight excluding hydrogens is 370 g/mol. The molecule has 0 aliphatic carbocycles. The molecule has 0 unspecified atom stereocenters. The molecule has 1 aromatic heterocycles. The van der Waals surface area contributed by atoms with Crippen LogP contribution in [0.1, 0.15) is 19.3 Å². The molecule has 132 valence electrons. The summed E-state index contributed by atoms with van der Waals surface area (Å²) >= 11 is 3.78. The molecule has 1 saturated heterocycles. The molecule has 1 aliphatic rings. The molecule has 0 amide bonds. The van der Waals surface area contributed by atoms with Crippen LogP contribution >= 0.6 is 22.7 Å². The molecule has 0 saturated carbocycles. The summed E-state index contributed by atoms with van der Waals surface area (Å²) in [7, 11) is -3.21. The highest BCUT2D eigenvalue weighted by Gasteiger charge is 2.14. The van der Waals surface area contributed by atoms with Gasteiger partial charge in [0, 0.05) is 18.2 Å². The summed E-state index contributed by atoms with van der Waals surface area (Å²) in [5, 5.41) is 2.27. The molecule has 0 bridgehead atoms. The smallest absolute Gasteiger partial charge is 0.314 e. The van der Waals surface area contributed by atoms with E-state index in [1.54, 1.807) is 7.11 Å². The summed E-state index contributed by atoms with van der Waals surface area (Å²) in [5.74, 6) is 0.917. The molecule has 0 spiro atoms. The van der Waals surface area contributed by atoms with E-state index < -0.39 is 10.4 Å². The van der Waals surface area contributed by atoms with E-state index >= 15 is 0 Å². The van der Waals surface area contributed by atoms with Crippen molar-refractivity contribution in [1.29, 1.82) is 0 Å². The average Bonchev–Trinajstić information content (AvgIpc) is 3.04. The van der Waals surface area contributed by atoms with Gasteiger partial charge in [0.15, 0.2) is 0 Å². The van der Waals surface area contributed by atoms with Crippen LogP contribution in [-0.4, -0.2) is 37.7 Å². The molecule has 2 aromatic rings. The molecule has 1 aromatic carbocycles. The first-order chi connectivity index (χ1) is 11.4. The lowest BCUT2D eigenvalue weighted by Crippen LogP contribution is -2.31. The second-order valence-electron chi connectivity index (χ2n) is 5.17. The van der Waals surface area contributed by atoms with Crippen LogP contribution in [0.2, 0.25) is 0 Å². The molecule has 6 nitrogen and oxygen atoms in total. The van der Waals surface area contributed by atoms with Crippen LogP contribution in [0, 0.1) is 0 Å². The summed E-state index contributed by atoms with van der Waals surface area (Å²) in [6, 6.07) is 8.33. The second kappa shape index (κ2) is 8.72. The predicted molar refractivity (Wildman–Crippen MR) is 95.4 cm³/mol. The van der Waals surface area contributed by atoms with Gasteiger partial charge in [-0.1, -0.05) is 22.7 Å². The van der Waals surface area contributed by atoms with Crippen LogP contribution in [0.15, 0.2) is 29.6 Å². The minimum atomic E-state index is -4.92. The maximum atomic E-state index is 8.63. The van der Waals surface area contributed by atoms with Gasteiger partial charge < -0.3 is 9.29 Å². The van der Waals surface area contributed by atoms with Crippen molar-refractivity contribution in [2.24, 2.45) is 0 Å². The lowest BCUT2D eigenvalue weighted by molar-refractivity contribution is 0.366. The normalized spacial score (nSPS) is 14.7. The summed E-state index contributed by atoms with van der Waals surface area (Å²) in [6.07, 6.45) is 4.06. The first-order valence-electron chi connectivity index (χ1n) is 7.36. The van der Waals surface area contributed by atoms with Crippen molar-refractivity contribution in [3.8, 4) is 16.2 Å². The van der Waals surface area contributed by atoms with E-state index in [1.165, 1.54) is 46.8 Å². The molecule has 9 heteroatoms. The van der Waals surface area contributed by atoms with E-state index in [1.807, 2.05) is 34.8 Å². The SMILES string of the molecule is COc1ccc(-c2csc(=[N+]3CCCCC3)s2)cc1.O=S(=O)([O-])O. The minimum Gasteiger partial charge on any atom is -0.726 e. The Morgan fingerprint density at radius 1 is 1.17 bits per heavy atom. The number of hydrogen-bond donors (Lipinski definition) is 1. The van der Waals surface area contributed by atoms with E-state index in [4.69, 9.17) is 22.3 Å². The fourth-order valence-electron chi connectivity index (χ4n) is 2.34. The van der Waals surface area contributed by atoms with Gasteiger partial charge in [-0.05, 0) is 36.2 Å². The molecule has 0 atom stereocenters. The highest BCUT2D eigenvalue weighted by molar-refractivity contribution is 7.79. The van der Waals surface area contributed by atoms with Crippen molar-refractivity contribution in [2.75, 3.05) is 20.2 Å². The third-order valence-electron chi connectivity index (χ3n) is 3.45. The number of benzene rings is 1. The van der Waals surface area contributed by atoms with Crippen LogP contribution in [-0.2, 0) is 10.4 Å². The average molecular weight is 390 g/mol. The van der Waals surface area contributed by atoms with Gasteiger partial charge >= 0.3 is 3.98 Å². The van der Waals surface area contributed by atoms with E-state index in [0.29, 0.717) is 0 Å². The quantitative estimate of drug-likeness (QED) is 0.484. The molecular formula is C15H19NO5S3. The first-order valence-corrected chi connectivity index (χ1v) is 10.4. The molecule has 1 N–H and O–H groups in total. The summed E-state index contributed by atoms with van der Waals surface area (Å²) in [4.78, 5) is 1.35. The predicted octanol–water partition coefficient (Wildman–Crippen LogP) is 2.45. The Balaban J connectivity index is 0.000000368. The van der Waals surface area contributed by atoms with Gasteiger partial charge in [-0.2, -0.15) is 0 Å². The van der Waals surface area contributed by atoms with Crippen LogP contribution in [0.5, 0.6) is 5.75 Å². The van der Waals surface area contributed by atoms with Crippen LogP contribution in [0.3, 0.4) is 0 Å². The van der Waals surface area contributed by atoms with Crippen LogP contribution < -0.4 is 13.3 Å². The van der Waals surface area contributed by atoms with Crippen molar-refractivity contribution in [3.63, 3.8) is 0 Å². The lowest BCUT2D eigenvalue weighted by atomic mass is 10.2. The highest BCUT2D eigenvalue weighted by atomic mass is 32.3. The zero-order valence-electron chi connectivity index (χ0n) is 13.2. The van der Waals surface area contributed by atoms with E-state index in [9.17, 15) is 0 Å². The number of ether oxygens (including phenoxy) is 1. The Morgan fingerprint density at radius 2 is 1.75 bits per heavy atom. The maximum absolute atomic E-state index is 8.63. The van der Waals surface area contributed by atoms with Crippen molar-refractivity contribution < 1.29 is 22.3 Å². The largest absolute Gasteiger partial charge is 0.726 e. The Hall–Kier alpha value is -1.26. The molecule has 3 rings (SSSR count). The standard InChI is InChI=1S/C15H18NOS2.H2O4S/c1-17-13-7-5-12(6-8-13)14-11-18-15(19-14)16-9-3-2-4-10-16;1-5(2,3)4/h5-8,11H,2-4,9-10H2,1H3;(H2,1,2,3,4)/q+1;/p-1. The second-order valence-corrected chi connectivity index (χ2v) is 8.17. The fraction of sp³-hybridized carbons (Fsp3) is 0.400. The molecule has 2 heterocycles. The van der Waals surface area contributed by atoms with Gasteiger partial charge in [0.25, 0.3) is 0 Å². The monoisotopic (exact) mass is 389 g/mol. The Kier molecular flexibility index (Phi) is 6.93. The number of methoxy groups -OCH3 is 1. The van der Waals surface area contributed by atoms with Gasteiger partial charge in [0.05, 0.1) is 12.0 Å². The van der Waals surface area contributed by atoms with Gasteiger partial charge in [0.1, 0.15) is 18.8 Å². The summed E-state index contributed by atoms with van der Waals surface area (Å²) < 4.78 is 42.0. The molecule has 1 aliphatic heterocycles. The third kappa shape index (κ3) is 6.33. The van der Waals surface area contributed by atoms with E-state index in [0.717, 1.165) is 5.75 Å². The number of piperidine rings is 1. The topological polar surface area (TPSA) is 89.7 Å². The van der Waals surface area contributed by atoms with Crippen molar-refractivity contribution in [3.05, 3.63) is 33.6 Å². The maximum Gasteiger partial charge on any atom is 0.314 e. The fourth-order valence-corrected chi connectivity index (χ4v) is 4.72. The molecule has 1 fully saturated rings. The number of nitrogens with zero attached hydrogens (tertiary/aromatic N) is 1. The zero-order chi connectivity index (χ0) is 17.6. The van der Waals surface area contributed by atoms with Crippen LogP contribution in [0.4, 0.5) is 0 Å². The van der Waals surface area contributed by atoms with E-state index in [-0.39, 0.29) is 0 Å². The molecule has 0 radical (unpaired) electrons. The zero-order valence-corrected chi connectivity index (χ0v) is 15.6. The number of rotatable bonds is 2. The van der Waals surface area contributed by atoms with Crippen molar-refractivity contribution in [1.82, 2.24) is 4.58 Å². The first kappa shape index (κ1) is 19.1. The lowest BCUT2D eigenvalue weighted by Gasteiger charge is -2.07. The van der Waals surface area contributed by atoms with Gasteiger partial charge in [-0.15, -0.1) is 0 Å². The Bertz CT molecular complexity index is 805. The number of hydrogen-bond acceptors (Lipinski definition) is 6. The van der Waals surface area contributed by atoms with Crippen molar-refractivity contribution >= 4 is 33.1 Å². The van der Waals surface area contributed by atoms with E-state index in [2.05, 4.69) is 22.1 Å². The minimum absolute atomic E-state index is 0.917. The van der Waals surface area contributed by atoms with Gasteiger partial charge in [-0.25, -0.2) is 13.0 Å². The van der Waals surface area contributed by atoms with Crippen LogP contribution in [0.25, 0.3) is 10.4 Å². The molecule has 24 heavy (non-hydrogen) atoms. The summed E-state index contributed by atoms with van der Waals surface area (Å²) in [6.45, 7) is 2.44. The Labute approximate surface area is 149 Å².